The Hall–Kier alpha value is -0.910. The number of aryl methyl sites for hydroxylation is 2. The zero-order valence-corrected chi connectivity index (χ0v) is 12.7. The standard InChI is InChI=1S/C13H14BrN3S/c1-8-3-9(2)17-13(16-8)18-12-5-10(7-15)4-11(14)6-12/h3-6H,7,15H2,1-2H3. The minimum atomic E-state index is 0.528. The number of halogens is 1. The van der Waals surface area contributed by atoms with E-state index in [-0.39, 0.29) is 0 Å². The maximum Gasteiger partial charge on any atom is 0.192 e. The summed E-state index contributed by atoms with van der Waals surface area (Å²) in [4.78, 5) is 9.93. The lowest BCUT2D eigenvalue weighted by Gasteiger charge is -2.05. The second kappa shape index (κ2) is 5.82. The van der Waals surface area contributed by atoms with Crippen LogP contribution in [0.3, 0.4) is 0 Å². The molecule has 0 aliphatic rings. The molecule has 1 heterocycles. The summed E-state index contributed by atoms with van der Waals surface area (Å²) < 4.78 is 1.03. The van der Waals surface area contributed by atoms with E-state index in [0.717, 1.165) is 31.5 Å². The average Bonchev–Trinajstić information content (AvgIpc) is 2.26. The van der Waals surface area contributed by atoms with E-state index in [1.807, 2.05) is 32.0 Å². The van der Waals surface area contributed by atoms with Gasteiger partial charge in [-0.05, 0) is 55.4 Å². The van der Waals surface area contributed by atoms with Crippen LogP contribution in [0.25, 0.3) is 0 Å². The van der Waals surface area contributed by atoms with Crippen molar-refractivity contribution >= 4 is 27.7 Å². The van der Waals surface area contributed by atoms with Crippen molar-refractivity contribution in [2.24, 2.45) is 5.73 Å². The third-order valence-corrected chi connectivity index (χ3v) is 3.63. The van der Waals surface area contributed by atoms with Gasteiger partial charge in [0.25, 0.3) is 0 Å². The molecular weight excluding hydrogens is 310 g/mol. The molecule has 18 heavy (non-hydrogen) atoms. The number of nitrogens with two attached hydrogens (primary N) is 1. The van der Waals surface area contributed by atoms with E-state index in [1.165, 1.54) is 0 Å². The molecular formula is C13H14BrN3S. The molecule has 0 saturated heterocycles. The van der Waals surface area contributed by atoms with Gasteiger partial charge in [-0.1, -0.05) is 15.9 Å². The average molecular weight is 324 g/mol. The van der Waals surface area contributed by atoms with Gasteiger partial charge in [0.15, 0.2) is 5.16 Å². The Labute approximate surface area is 119 Å². The normalized spacial score (nSPS) is 10.7. The molecule has 94 valence electrons. The van der Waals surface area contributed by atoms with Crippen molar-refractivity contribution in [1.82, 2.24) is 9.97 Å². The topological polar surface area (TPSA) is 51.8 Å². The van der Waals surface area contributed by atoms with Crippen LogP contribution in [-0.4, -0.2) is 9.97 Å². The van der Waals surface area contributed by atoms with Crippen LogP contribution in [0.15, 0.2) is 38.8 Å². The highest BCUT2D eigenvalue weighted by Crippen LogP contribution is 2.28. The van der Waals surface area contributed by atoms with Gasteiger partial charge in [0.05, 0.1) is 0 Å². The molecule has 0 bridgehead atoms. The van der Waals surface area contributed by atoms with Crippen LogP contribution >= 0.6 is 27.7 Å². The fraction of sp³-hybridized carbons (Fsp3) is 0.231. The predicted octanol–water partition coefficient (Wildman–Crippen LogP) is 3.47. The lowest BCUT2D eigenvalue weighted by Crippen LogP contribution is -1.97. The molecule has 0 aliphatic heterocycles. The maximum atomic E-state index is 5.67. The number of hydrogen-bond donors (Lipinski definition) is 1. The van der Waals surface area contributed by atoms with Crippen molar-refractivity contribution in [3.05, 3.63) is 45.7 Å². The van der Waals surface area contributed by atoms with Gasteiger partial charge >= 0.3 is 0 Å². The van der Waals surface area contributed by atoms with Crippen LogP contribution in [0.1, 0.15) is 17.0 Å². The minimum Gasteiger partial charge on any atom is -0.326 e. The largest absolute Gasteiger partial charge is 0.326 e. The fourth-order valence-corrected chi connectivity index (χ4v) is 3.32. The first-order valence-corrected chi connectivity index (χ1v) is 7.17. The summed E-state index contributed by atoms with van der Waals surface area (Å²) in [7, 11) is 0. The third-order valence-electron chi connectivity index (χ3n) is 2.34. The molecule has 5 heteroatoms. The molecule has 0 atom stereocenters. The Morgan fingerprint density at radius 1 is 1.11 bits per heavy atom. The molecule has 0 fully saturated rings. The van der Waals surface area contributed by atoms with Crippen LogP contribution in [0.4, 0.5) is 0 Å². The molecule has 0 unspecified atom stereocenters. The molecule has 0 saturated carbocycles. The number of hydrogen-bond acceptors (Lipinski definition) is 4. The van der Waals surface area contributed by atoms with Crippen molar-refractivity contribution in [2.45, 2.75) is 30.4 Å². The van der Waals surface area contributed by atoms with Gasteiger partial charge in [-0.15, -0.1) is 0 Å². The Morgan fingerprint density at radius 3 is 2.39 bits per heavy atom. The zero-order valence-electron chi connectivity index (χ0n) is 10.3. The van der Waals surface area contributed by atoms with Gasteiger partial charge < -0.3 is 5.73 Å². The van der Waals surface area contributed by atoms with Gasteiger partial charge in [-0.3, -0.25) is 0 Å². The van der Waals surface area contributed by atoms with Gasteiger partial charge in [0.2, 0.25) is 0 Å². The molecule has 0 amide bonds. The van der Waals surface area contributed by atoms with E-state index in [2.05, 4.69) is 32.0 Å². The first kappa shape index (κ1) is 13.5. The maximum absolute atomic E-state index is 5.67. The van der Waals surface area contributed by atoms with Crippen LogP contribution < -0.4 is 5.73 Å². The van der Waals surface area contributed by atoms with Crippen molar-refractivity contribution in [1.29, 1.82) is 0 Å². The first-order chi connectivity index (χ1) is 8.56. The second-order valence-electron chi connectivity index (χ2n) is 4.03. The highest BCUT2D eigenvalue weighted by molar-refractivity contribution is 9.10. The van der Waals surface area contributed by atoms with Gasteiger partial charge in [-0.25, -0.2) is 9.97 Å². The quantitative estimate of drug-likeness (QED) is 0.879. The molecule has 2 aromatic rings. The summed E-state index contributed by atoms with van der Waals surface area (Å²) in [6, 6.07) is 8.10. The van der Waals surface area contributed by atoms with Crippen LogP contribution in [-0.2, 0) is 6.54 Å². The second-order valence-corrected chi connectivity index (χ2v) is 5.99. The number of rotatable bonds is 3. The molecule has 1 aromatic heterocycles. The van der Waals surface area contributed by atoms with Gasteiger partial charge in [-0.2, -0.15) is 0 Å². The van der Waals surface area contributed by atoms with E-state index in [1.54, 1.807) is 11.8 Å². The summed E-state index contributed by atoms with van der Waals surface area (Å²) in [5, 5.41) is 0.772. The molecule has 0 radical (unpaired) electrons. The SMILES string of the molecule is Cc1cc(C)nc(Sc2cc(Br)cc(CN)c2)n1. The fourth-order valence-electron chi connectivity index (χ4n) is 1.64. The monoisotopic (exact) mass is 323 g/mol. The molecule has 3 nitrogen and oxygen atoms in total. The van der Waals surface area contributed by atoms with Crippen LogP contribution in [0.5, 0.6) is 0 Å². The van der Waals surface area contributed by atoms with Crippen molar-refractivity contribution in [3.63, 3.8) is 0 Å². The minimum absolute atomic E-state index is 0.528. The molecule has 2 rings (SSSR count). The molecule has 2 N–H and O–H groups in total. The smallest absolute Gasteiger partial charge is 0.192 e. The van der Waals surface area contributed by atoms with E-state index in [4.69, 9.17) is 5.73 Å². The van der Waals surface area contributed by atoms with Crippen molar-refractivity contribution in [3.8, 4) is 0 Å². The zero-order chi connectivity index (χ0) is 13.1. The van der Waals surface area contributed by atoms with E-state index < -0.39 is 0 Å². The Balaban J connectivity index is 2.30. The summed E-state index contributed by atoms with van der Waals surface area (Å²) in [6.45, 7) is 4.48. The molecule has 1 aromatic carbocycles. The summed E-state index contributed by atoms with van der Waals surface area (Å²) in [5.41, 5.74) is 8.73. The van der Waals surface area contributed by atoms with Crippen molar-refractivity contribution < 1.29 is 0 Å². The van der Waals surface area contributed by atoms with Crippen LogP contribution in [0.2, 0.25) is 0 Å². The van der Waals surface area contributed by atoms with Gasteiger partial charge in [0.1, 0.15) is 0 Å². The predicted molar refractivity (Wildman–Crippen MR) is 77.7 cm³/mol. The Bertz CT molecular complexity index is 552. The van der Waals surface area contributed by atoms with E-state index >= 15 is 0 Å². The summed E-state index contributed by atoms with van der Waals surface area (Å²) in [6.07, 6.45) is 0. The lowest BCUT2D eigenvalue weighted by molar-refractivity contribution is 0.902. The summed E-state index contributed by atoms with van der Waals surface area (Å²) >= 11 is 5.04. The molecule has 0 spiro atoms. The highest BCUT2D eigenvalue weighted by Gasteiger charge is 2.05. The van der Waals surface area contributed by atoms with E-state index in [0.29, 0.717) is 6.54 Å². The third kappa shape index (κ3) is 3.54. The van der Waals surface area contributed by atoms with Crippen LogP contribution in [0, 0.1) is 13.8 Å². The molecule has 0 aliphatic carbocycles. The Kier molecular flexibility index (Phi) is 4.37. The van der Waals surface area contributed by atoms with Gasteiger partial charge in [0, 0.05) is 27.3 Å². The summed E-state index contributed by atoms with van der Waals surface area (Å²) in [5.74, 6) is 0. The van der Waals surface area contributed by atoms with Crippen molar-refractivity contribution in [2.75, 3.05) is 0 Å². The van der Waals surface area contributed by atoms with E-state index in [9.17, 15) is 0 Å². The lowest BCUT2D eigenvalue weighted by atomic mass is 10.2. The number of nitrogens with zero attached hydrogens (tertiary/aromatic N) is 2. The number of benzene rings is 1. The first-order valence-electron chi connectivity index (χ1n) is 5.56. The number of aromatic nitrogens is 2. The Morgan fingerprint density at radius 2 is 1.78 bits per heavy atom. The highest BCUT2D eigenvalue weighted by atomic mass is 79.9.